The molecule has 0 saturated heterocycles. The Morgan fingerprint density at radius 2 is 1.69 bits per heavy atom. The first kappa shape index (κ1) is 30.1. The van der Waals surface area contributed by atoms with Gasteiger partial charge in [-0.2, -0.15) is 10.2 Å². The number of para-hydroxylation sites is 1. The van der Waals surface area contributed by atoms with E-state index < -0.39 is 0 Å². The number of carbonyl (C=O) groups is 3. The first-order chi connectivity index (χ1) is 21.8. The van der Waals surface area contributed by atoms with E-state index in [0.29, 0.717) is 68.0 Å². The molecule has 1 aliphatic carbocycles. The molecule has 2 aliphatic rings. The Morgan fingerprint density at radius 3 is 2.44 bits per heavy atom. The number of fused-ring (bicyclic) bond motifs is 1. The summed E-state index contributed by atoms with van der Waals surface area (Å²) in [5.41, 5.74) is 5.07. The number of rotatable bonds is 4. The summed E-state index contributed by atoms with van der Waals surface area (Å²) in [4.78, 5) is 44.4. The maximum Gasteiger partial charge on any atom is 0.272 e. The molecule has 0 fully saturated rings. The van der Waals surface area contributed by atoms with E-state index >= 15 is 0 Å². The average molecular weight is 610 g/mol. The predicted octanol–water partition coefficient (Wildman–Crippen LogP) is 3.65. The Hall–Kier alpha value is -4.93. The molecule has 45 heavy (non-hydrogen) atoms. The highest BCUT2D eigenvalue weighted by atomic mass is 16.5. The highest BCUT2D eigenvalue weighted by Crippen LogP contribution is 2.29. The Bertz CT molecular complexity index is 1690. The molecule has 3 heterocycles. The first-order valence-corrected chi connectivity index (χ1v) is 15.5. The molecule has 0 spiro atoms. The number of ether oxygens (including phenoxy) is 1. The summed E-state index contributed by atoms with van der Waals surface area (Å²) in [6.07, 6.45) is 5.38. The van der Waals surface area contributed by atoms with Crippen molar-refractivity contribution in [1.82, 2.24) is 34.7 Å². The lowest BCUT2D eigenvalue weighted by atomic mass is 9.90. The van der Waals surface area contributed by atoms with Gasteiger partial charge in [0.15, 0.2) is 5.69 Å². The molecule has 6 rings (SSSR count). The van der Waals surface area contributed by atoms with E-state index in [9.17, 15) is 14.4 Å². The van der Waals surface area contributed by atoms with Crippen molar-refractivity contribution < 1.29 is 19.1 Å². The molecule has 3 amide bonds. The Labute approximate surface area is 262 Å². The molecule has 2 aromatic carbocycles. The van der Waals surface area contributed by atoms with Crippen LogP contribution in [0.2, 0.25) is 0 Å². The zero-order valence-corrected chi connectivity index (χ0v) is 26.0. The van der Waals surface area contributed by atoms with Crippen LogP contribution in [0.25, 0.3) is 16.9 Å². The van der Waals surface area contributed by atoms with Gasteiger partial charge in [0.05, 0.1) is 18.4 Å². The fourth-order valence-electron chi connectivity index (χ4n) is 6.33. The van der Waals surface area contributed by atoms with Gasteiger partial charge in [0, 0.05) is 69.2 Å². The van der Waals surface area contributed by atoms with E-state index in [1.165, 1.54) is 0 Å². The Balaban J connectivity index is 1.29. The zero-order valence-electron chi connectivity index (χ0n) is 26.0. The molecule has 1 unspecified atom stereocenters. The van der Waals surface area contributed by atoms with Gasteiger partial charge >= 0.3 is 0 Å². The minimum absolute atomic E-state index is 0.000469. The second kappa shape index (κ2) is 13.0. The van der Waals surface area contributed by atoms with Gasteiger partial charge in [0.1, 0.15) is 11.4 Å². The number of amides is 3. The molecule has 4 aromatic rings. The minimum atomic E-state index is -0.222. The summed E-state index contributed by atoms with van der Waals surface area (Å²) in [6.45, 7) is 1.21. The van der Waals surface area contributed by atoms with Crippen LogP contribution in [0.3, 0.4) is 0 Å². The van der Waals surface area contributed by atoms with Crippen molar-refractivity contribution in [2.75, 3.05) is 33.8 Å². The first-order valence-electron chi connectivity index (χ1n) is 15.5. The third-order valence-corrected chi connectivity index (χ3v) is 8.91. The highest BCUT2D eigenvalue weighted by Gasteiger charge is 2.32. The minimum Gasteiger partial charge on any atom is -0.497 e. The van der Waals surface area contributed by atoms with Crippen molar-refractivity contribution in [2.45, 2.75) is 44.6 Å². The van der Waals surface area contributed by atoms with Crippen molar-refractivity contribution in [3.8, 4) is 22.7 Å². The summed E-state index contributed by atoms with van der Waals surface area (Å²) in [7, 11) is 5.32. The van der Waals surface area contributed by atoms with Crippen LogP contribution in [0, 0.1) is 0 Å². The fraction of sp³-hybridized carbons (Fsp3) is 0.382. The lowest BCUT2D eigenvalue weighted by molar-refractivity contribution is -0.132. The third kappa shape index (κ3) is 6.20. The maximum atomic E-state index is 14.3. The summed E-state index contributed by atoms with van der Waals surface area (Å²) in [5.74, 6) is 0.353. The van der Waals surface area contributed by atoms with E-state index in [2.05, 4.69) is 10.4 Å². The van der Waals surface area contributed by atoms with Crippen LogP contribution in [-0.4, -0.2) is 86.9 Å². The second-order valence-corrected chi connectivity index (χ2v) is 11.7. The third-order valence-electron chi connectivity index (χ3n) is 8.91. The van der Waals surface area contributed by atoms with Crippen molar-refractivity contribution in [2.24, 2.45) is 7.05 Å². The molecule has 11 heteroatoms. The average Bonchev–Trinajstić information content (AvgIpc) is 3.66. The number of nitrogens with zero attached hydrogens (tertiary/aromatic N) is 6. The SMILES string of the molecule is COc1ccc(-c2nn(-c3ccccc3)cc2C(=O)N2CCCNC(=O)c3nn(C)c4c3CC(CC4)N(C)C(=O)CCC2)cc1. The smallest absolute Gasteiger partial charge is 0.272 e. The monoisotopic (exact) mass is 609 g/mol. The quantitative estimate of drug-likeness (QED) is 0.378. The van der Waals surface area contributed by atoms with E-state index in [4.69, 9.17) is 9.84 Å². The number of methoxy groups -OCH3 is 1. The maximum absolute atomic E-state index is 14.3. The van der Waals surface area contributed by atoms with Crippen LogP contribution in [0.15, 0.2) is 60.8 Å². The van der Waals surface area contributed by atoms with E-state index in [0.717, 1.165) is 35.3 Å². The van der Waals surface area contributed by atoms with Gasteiger partial charge in [-0.3, -0.25) is 19.1 Å². The summed E-state index contributed by atoms with van der Waals surface area (Å²) >= 11 is 0. The molecule has 2 bridgehead atoms. The van der Waals surface area contributed by atoms with E-state index in [1.54, 1.807) is 27.6 Å². The molecule has 11 nitrogen and oxygen atoms in total. The molecule has 1 aliphatic heterocycles. The van der Waals surface area contributed by atoms with Gasteiger partial charge in [-0.15, -0.1) is 0 Å². The van der Waals surface area contributed by atoms with E-state index in [1.807, 2.05) is 73.6 Å². The van der Waals surface area contributed by atoms with Gasteiger partial charge < -0.3 is 19.9 Å². The Kier molecular flexibility index (Phi) is 8.68. The van der Waals surface area contributed by atoms with Crippen LogP contribution >= 0.6 is 0 Å². The Morgan fingerprint density at radius 1 is 0.933 bits per heavy atom. The zero-order chi connectivity index (χ0) is 31.5. The number of aromatic nitrogens is 4. The summed E-state index contributed by atoms with van der Waals surface area (Å²) < 4.78 is 8.85. The summed E-state index contributed by atoms with van der Waals surface area (Å²) in [6, 6.07) is 17.1. The van der Waals surface area contributed by atoms with Crippen molar-refractivity contribution in [3.05, 3.63) is 83.3 Å². The van der Waals surface area contributed by atoms with Gasteiger partial charge in [0.2, 0.25) is 5.91 Å². The molecule has 0 radical (unpaired) electrons. The standard InChI is InChI=1S/C34H39N7O4/c1-38-25-14-17-29-27(21-25)32(36-39(29)2)33(43)35-18-8-20-40(19-7-11-30(38)42)34(44)28-22-41(24-9-5-4-6-10-24)37-31(28)23-12-15-26(45-3)16-13-23/h4-6,9-10,12-13,15-16,22,25H,7-8,11,14,17-21H2,1-3H3,(H,35,43). The van der Waals surface area contributed by atoms with Crippen LogP contribution in [-0.2, 0) is 24.7 Å². The van der Waals surface area contributed by atoms with Gasteiger partial charge in [0.25, 0.3) is 11.8 Å². The van der Waals surface area contributed by atoms with Crippen LogP contribution in [0.1, 0.15) is 57.8 Å². The number of benzene rings is 2. The normalized spacial score (nSPS) is 17.8. The van der Waals surface area contributed by atoms with Crippen LogP contribution in [0.4, 0.5) is 0 Å². The molecule has 1 N–H and O–H groups in total. The summed E-state index contributed by atoms with van der Waals surface area (Å²) in [5, 5.41) is 12.4. The van der Waals surface area contributed by atoms with E-state index in [-0.39, 0.29) is 23.8 Å². The molecular weight excluding hydrogens is 570 g/mol. The number of nitrogens with one attached hydrogen (secondary N) is 1. The number of hydrogen-bond acceptors (Lipinski definition) is 6. The predicted molar refractivity (Wildman–Crippen MR) is 169 cm³/mol. The second-order valence-electron chi connectivity index (χ2n) is 11.7. The lowest BCUT2D eigenvalue weighted by Crippen LogP contribution is -2.41. The fourth-order valence-corrected chi connectivity index (χ4v) is 6.33. The van der Waals surface area contributed by atoms with Crippen LogP contribution < -0.4 is 10.1 Å². The molecular formula is C34H39N7O4. The number of carbonyl (C=O) groups excluding carboxylic acids is 3. The van der Waals surface area contributed by atoms with Gasteiger partial charge in [-0.25, -0.2) is 4.68 Å². The van der Waals surface area contributed by atoms with Crippen molar-refractivity contribution >= 4 is 17.7 Å². The van der Waals surface area contributed by atoms with Crippen LogP contribution in [0.5, 0.6) is 5.75 Å². The van der Waals surface area contributed by atoms with Gasteiger partial charge in [-0.1, -0.05) is 18.2 Å². The van der Waals surface area contributed by atoms with Gasteiger partial charge in [-0.05, 0) is 68.5 Å². The van der Waals surface area contributed by atoms with Crippen molar-refractivity contribution in [1.29, 1.82) is 0 Å². The lowest BCUT2D eigenvalue weighted by Gasteiger charge is -2.32. The molecule has 1 atom stereocenters. The number of likely N-dealkylation sites (N-methyl/N-ethyl adjacent to an activating group) is 1. The van der Waals surface area contributed by atoms with Crippen molar-refractivity contribution in [3.63, 3.8) is 0 Å². The highest BCUT2D eigenvalue weighted by molar-refractivity contribution is 6.00. The molecule has 2 aromatic heterocycles. The molecule has 0 saturated carbocycles. The number of aryl methyl sites for hydroxylation is 1. The topological polar surface area (TPSA) is 115 Å². The largest absolute Gasteiger partial charge is 0.497 e. The number of hydrogen-bond donors (Lipinski definition) is 1. The molecule has 234 valence electrons.